The SMILES string of the molecule is CCC\C=C/C=C\C=C/C=C\C=C/CCCCCCCC(=O)OCC(COC(=O)CCCCCCC/C=C\CCCCC)OC(=O)CCCCCCCCCCCCCCCCCCCC. The molecule has 0 aromatic carbocycles. The predicted octanol–water partition coefficient (Wildman–Crippen LogP) is 18.6. The number of allylic oxidation sites excluding steroid dienone is 12. The van der Waals surface area contributed by atoms with Crippen molar-refractivity contribution in [3.63, 3.8) is 0 Å². The van der Waals surface area contributed by atoms with Crippen LogP contribution in [0.2, 0.25) is 0 Å². The summed E-state index contributed by atoms with van der Waals surface area (Å²) in [4.78, 5) is 38.1. The molecule has 0 bridgehead atoms. The molecule has 0 spiro atoms. The Balaban J connectivity index is 4.40. The Bertz CT molecular complexity index is 1240. The van der Waals surface area contributed by atoms with Crippen LogP contribution in [0.4, 0.5) is 0 Å². The number of carbonyl (C=O) groups is 3. The minimum absolute atomic E-state index is 0.0864. The molecule has 1 atom stereocenters. The van der Waals surface area contributed by atoms with Gasteiger partial charge in [0.15, 0.2) is 6.10 Å². The average Bonchev–Trinajstić information content (AvgIpc) is 3.31. The summed E-state index contributed by atoms with van der Waals surface area (Å²) in [5, 5.41) is 0. The maximum atomic E-state index is 12.8. The lowest BCUT2D eigenvalue weighted by atomic mass is 10.0. The first-order chi connectivity index (χ1) is 32.5. The molecule has 0 aromatic heterocycles. The van der Waals surface area contributed by atoms with E-state index < -0.39 is 6.10 Å². The van der Waals surface area contributed by atoms with E-state index in [0.717, 1.165) is 89.9 Å². The zero-order valence-corrected chi connectivity index (χ0v) is 43.4. The molecule has 6 heteroatoms. The van der Waals surface area contributed by atoms with Crippen molar-refractivity contribution in [2.45, 2.75) is 277 Å². The Kier molecular flexibility index (Phi) is 51.9. The molecule has 0 N–H and O–H groups in total. The molecule has 0 aromatic rings. The van der Waals surface area contributed by atoms with Gasteiger partial charge in [-0.15, -0.1) is 0 Å². The molecular formula is C60H104O6. The summed E-state index contributed by atoms with van der Waals surface area (Å²) in [5.41, 5.74) is 0. The van der Waals surface area contributed by atoms with E-state index in [0.29, 0.717) is 19.3 Å². The number of ether oxygens (including phenoxy) is 3. The van der Waals surface area contributed by atoms with Crippen LogP contribution in [0.5, 0.6) is 0 Å². The fraction of sp³-hybridized carbons (Fsp3) is 0.750. The molecule has 0 aliphatic rings. The fourth-order valence-corrected chi connectivity index (χ4v) is 7.82. The van der Waals surface area contributed by atoms with Crippen LogP contribution in [0.3, 0.4) is 0 Å². The summed E-state index contributed by atoms with van der Waals surface area (Å²) in [6, 6.07) is 0. The number of carbonyl (C=O) groups excluding carboxylic acids is 3. The third-order valence-corrected chi connectivity index (χ3v) is 12.0. The second kappa shape index (κ2) is 54.5. The second-order valence-corrected chi connectivity index (χ2v) is 18.6. The van der Waals surface area contributed by atoms with Crippen LogP contribution in [0.1, 0.15) is 271 Å². The largest absolute Gasteiger partial charge is 0.462 e. The maximum absolute atomic E-state index is 12.8. The van der Waals surface area contributed by atoms with Crippen LogP contribution in [0.15, 0.2) is 72.9 Å². The van der Waals surface area contributed by atoms with E-state index >= 15 is 0 Å². The monoisotopic (exact) mass is 921 g/mol. The Morgan fingerprint density at radius 2 is 0.591 bits per heavy atom. The minimum atomic E-state index is -0.788. The summed E-state index contributed by atoms with van der Waals surface area (Å²) in [6.07, 6.45) is 68.8. The molecule has 1 unspecified atom stereocenters. The van der Waals surface area contributed by atoms with Crippen LogP contribution in [0, 0.1) is 0 Å². The van der Waals surface area contributed by atoms with E-state index in [-0.39, 0.29) is 31.1 Å². The average molecular weight is 921 g/mol. The van der Waals surface area contributed by atoms with Crippen LogP contribution < -0.4 is 0 Å². The van der Waals surface area contributed by atoms with Crippen molar-refractivity contribution in [1.82, 2.24) is 0 Å². The normalized spacial score (nSPS) is 12.6. The van der Waals surface area contributed by atoms with Crippen molar-refractivity contribution in [3.8, 4) is 0 Å². The van der Waals surface area contributed by atoms with Crippen molar-refractivity contribution >= 4 is 17.9 Å². The summed E-state index contributed by atoms with van der Waals surface area (Å²) >= 11 is 0. The summed E-state index contributed by atoms with van der Waals surface area (Å²) in [6.45, 7) is 6.52. The highest BCUT2D eigenvalue weighted by atomic mass is 16.6. The lowest BCUT2D eigenvalue weighted by molar-refractivity contribution is -0.167. The molecule has 0 amide bonds. The molecule has 0 rings (SSSR count). The first-order valence-electron chi connectivity index (χ1n) is 28.0. The third kappa shape index (κ3) is 51.8. The first kappa shape index (κ1) is 62.8. The van der Waals surface area contributed by atoms with Gasteiger partial charge in [0.1, 0.15) is 13.2 Å². The third-order valence-electron chi connectivity index (χ3n) is 12.0. The summed E-state index contributed by atoms with van der Waals surface area (Å²) in [7, 11) is 0. The number of rotatable bonds is 50. The van der Waals surface area contributed by atoms with Gasteiger partial charge in [-0.2, -0.15) is 0 Å². The highest BCUT2D eigenvalue weighted by Gasteiger charge is 2.19. The molecule has 66 heavy (non-hydrogen) atoms. The molecule has 380 valence electrons. The molecule has 0 aliphatic heterocycles. The van der Waals surface area contributed by atoms with Crippen molar-refractivity contribution in [1.29, 1.82) is 0 Å². The van der Waals surface area contributed by atoms with Crippen molar-refractivity contribution in [3.05, 3.63) is 72.9 Å². The molecule has 0 fully saturated rings. The van der Waals surface area contributed by atoms with Gasteiger partial charge in [-0.05, 0) is 64.2 Å². The van der Waals surface area contributed by atoms with Gasteiger partial charge in [0.2, 0.25) is 0 Å². The van der Waals surface area contributed by atoms with Gasteiger partial charge in [0, 0.05) is 19.3 Å². The number of esters is 3. The fourth-order valence-electron chi connectivity index (χ4n) is 7.82. The molecule has 0 heterocycles. The van der Waals surface area contributed by atoms with Gasteiger partial charge < -0.3 is 14.2 Å². The number of hydrogen-bond acceptors (Lipinski definition) is 6. The van der Waals surface area contributed by atoms with E-state index in [2.05, 4.69) is 69.4 Å². The molecule has 0 radical (unpaired) electrons. The van der Waals surface area contributed by atoms with E-state index in [9.17, 15) is 14.4 Å². The van der Waals surface area contributed by atoms with E-state index in [4.69, 9.17) is 14.2 Å². The Morgan fingerprint density at radius 1 is 0.303 bits per heavy atom. The zero-order chi connectivity index (χ0) is 47.9. The highest BCUT2D eigenvalue weighted by Crippen LogP contribution is 2.16. The van der Waals surface area contributed by atoms with Gasteiger partial charge >= 0.3 is 17.9 Å². The summed E-state index contributed by atoms with van der Waals surface area (Å²) in [5.74, 6) is -0.912. The van der Waals surface area contributed by atoms with Gasteiger partial charge in [-0.25, -0.2) is 0 Å². The molecule has 0 saturated heterocycles. The van der Waals surface area contributed by atoms with Gasteiger partial charge in [0.25, 0.3) is 0 Å². The Morgan fingerprint density at radius 3 is 0.985 bits per heavy atom. The van der Waals surface area contributed by atoms with Crippen LogP contribution in [0.25, 0.3) is 0 Å². The van der Waals surface area contributed by atoms with Crippen LogP contribution >= 0.6 is 0 Å². The quantitative estimate of drug-likeness (QED) is 0.0199. The minimum Gasteiger partial charge on any atom is -0.462 e. The van der Waals surface area contributed by atoms with Gasteiger partial charge in [-0.1, -0.05) is 261 Å². The molecule has 0 aliphatic carbocycles. The smallest absolute Gasteiger partial charge is 0.306 e. The standard InChI is InChI=1S/C60H104O6/c1-4-7-10-13-16-19-22-25-27-29-31-33-35-38-41-44-47-50-53-59(62)65-56-57(55-64-58(61)52-49-46-43-40-37-24-21-18-15-12-9-6-3)66-60(63)54-51-48-45-42-39-36-34-32-30-28-26-23-20-17-14-11-8-5-2/h10,13,16,18-19,21-22,25,27,29,31,33,57H,4-9,11-12,14-15,17,20,23-24,26,28,30,32,34-56H2,1-3H3/b13-10-,19-16-,21-18-,25-22-,29-27-,33-31-. The van der Waals surface area contributed by atoms with Crippen molar-refractivity contribution in [2.75, 3.05) is 13.2 Å². The molecule has 0 saturated carbocycles. The molecular weight excluding hydrogens is 817 g/mol. The lowest BCUT2D eigenvalue weighted by Crippen LogP contribution is -2.30. The van der Waals surface area contributed by atoms with Crippen molar-refractivity contribution in [2.24, 2.45) is 0 Å². The first-order valence-corrected chi connectivity index (χ1v) is 28.0. The summed E-state index contributed by atoms with van der Waals surface area (Å²) < 4.78 is 16.8. The van der Waals surface area contributed by atoms with Gasteiger partial charge in [0.05, 0.1) is 0 Å². The van der Waals surface area contributed by atoms with Crippen LogP contribution in [-0.2, 0) is 28.6 Å². The second-order valence-electron chi connectivity index (χ2n) is 18.6. The van der Waals surface area contributed by atoms with Gasteiger partial charge in [-0.3, -0.25) is 14.4 Å². The van der Waals surface area contributed by atoms with E-state index in [1.165, 1.54) is 141 Å². The zero-order valence-electron chi connectivity index (χ0n) is 43.4. The van der Waals surface area contributed by atoms with Crippen molar-refractivity contribution < 1.29 is 28.6 Å². The topological polar surface area (TPSA) is 78.9 Å². The van der Waals surface area contributed by atoms with E-state index in [1.54, 1.807) is 0 Å². The number of hydrogen-bond donors (Lipinski definition) is 0. The van der Waals surface area contributed by atoms with E-state index in [1.807, 2.05) is 24.3 Å². The Labute approximate surface area is 408 Å². The lowest BCUT2D eigenvalue weighted by Gasteiger charge is -2.18. The van der Waals surface area contributed by atoms with Crippen LogP contribution in [-0.4, -0.2) is 37.2 Å². The molecule has 6 nitrogen and oxygen atoms in total. The highest BCUT2D eigenvalue weighted by molar-refractivity contribution is 5.71. The number of unbranched alkanes of at least 4 members (excludes halogenated alkanes) is 31. The Hall–Kier alpha value is -3.15. The maximum Gasteiger partial charge on any atom is 0.306 e. The predicted molar refractivity (Wildman–Crippen MR) is 284 cm³/mol.